The van der Waals surface area contributed by atoms with Gasteiger partial charge in [0.05, 0.1) is 9.82 Å². The number of nitro groups is 1. The number of hydrogen-bond donors (Lipinski definition) is 3. The van der Waals surface area contributed by atoms with Crippen molar-refractivity contribution >= 4 is 44.6 Å². The summed E-state index contributed by atoms with van der Waals surface area (Å²) in [7, 11) is -3.80. The third-order valence-electron chi connectivity index (χ3n) is 3.41. The number of nitrogens with zero attached hydrogens (tertiary/aromatic N) is 1. The molecule has 0 unspecified atom stereocenters. The highest BCUT2D eigenvalue weighted by Gasteiger charge is 2.18. The Morgan fingerprint density at radius 2 is 1.81 bits per heavy atom. The molecule has 0 atom stereocenters. The molecule has 0 radical (unpaired) electrons. The maximum atomic E-state index is 12.3. The fourth-order valence-corrected chi connectivity index (χ4v) is 2.85. The molecule has 136 valence electrons. The number of sulfonamides is 1. The molecule has 0 aliphatic heterocycles. The molecule has 0 saturated heterocycles. The number of nitrogens with one attached hydrogen (secondary N) is 2. The number of benzene rings is 2. The highest BCUT2D eigenvalue weighted by molar-refractivity contribution is 7.89. The second-order valence-electron chi connectivity index (χ2n) is 5.18. The Kier molecular flexibility index (Phi) is 5.65. The number of anilines is 1. The van der Waals surface area contributed by atoms with E-state index in [9.17, 15) is 23.3 Å². The van der Waals surface area contributed by atoms with Gasteiger partial charge in [0.25, 0.3) is 11.6 Å². The summed E-state index contributed by atoms with van der Waals surface area (Å²) >= 11 is 5.03. The summed E-state index contributed by atoms with van der Waals surface area (Å²) in [6.07, 6.45) is 0. The van der Waals surface area contributed by atoms with Crippen molar-refractivity contribution in [3.8, 4) is 0 Å². The molecule has 0 saturated carbocycles. The van der Waals surface area contributed by atoms with Crippen LogP contribution >= 0.6 is 12.2 Å². The van der Waals surface area contributed by atoms with E-state index in [0.717, 1.165) is 0 Å². The number of carbonyl (C=O) groups excluding carboxylic acids is 1. The lowest BCUT2D eigenvalue weighted by Crippen LogP contribution is -2.34. The van der Waals surface area contributed by atoms with E-state index in [-0.39, 0.29) is 26.8 Å². The highest BCUT2D eigenvalue weighted by Crippen LogP contribution is 2.21. The monoisotopic (exact) mass is 394 g/mol. The standard InChI is InChI=1S/C15H14N4O5S2/c1-9-12(3-2-4-13(9)19(21)22)14(20)18-15(25)17-10-5-7-11(8-6-10)26(16,23)24/h2-8H,1H3,(H2,16,23,24)(H2,17,18,20,25). The highest BCUT2D eigenvalue weighted by atomic mass is 32.2. The lowest BCUT2D eigenvalue weighted by molar-refractivity contribution is -0.385. The van der Waals surface area contributed by atoms with Crippen LogP contribution in [-0.4, -0.2) is 24.4 Å². The Bertz CT molecular complexity index is 988. The molecule has 4 N–H and O–H groups in total. The SMILES string of the molecule is Cc1c(C(=O)NC(=S)Nc2ccc(S(N)(=O)=O)cc2)cccc1[N+](=O)[O-]. The molecule has 0 aromatic heterocycles. The normalized spacial score (nSPS) is 10.8. The number of rotatable bonds is 4. The third kappa shape index (κ3) is 4.59. The summed E-state index contributed by atoms with van der Waals surface area (Å²) in [6.45, 7) is 1.47. The third-order valence-corrected chi connectivity index (χ3v) is 4.55. The number of hydrogen-bond acceptors (Lipinski definition) is 6. The summed E-state index contributed by atoms with van der Waals surface area (Å²) in [4.78, 5) is 22.6. The number of nitro benzene ring substituents is 1. The number of thiocarbonyl (C=S) groups is 1. The van der Waals surface area contributed by atoms with Crippen molar-refractivity contribution in [2.45, 2.75) is 11.8 Å². The van der Waals surface area contributed by atoms with Crippen LogP contribution in [0.4, 0.5) is 11.4 Å². The quantitative estimate of drug-likeness (QED) is 0.406. The van der Waals surface area contributed by atoms with Gasteiger partial charge in [0.15, 0.2) is 5.11 Å². The van der Waals surface area contributed by atoms with Crippen LogP contribution in [0.25, 0.3) is 0 Å². The van der Waals surface area contributed by atoms with Crippen LogP contribution in [0.15, 0.2) is 47.4 Å². The van der Waals surface area contributed by atoms with Gasteiger partial charge in [-0.25, -0.2) is 13.6 Å². The largest absolute Gasteiger partial charge is 0.332 e. The molecule has 2 rings (SSSR count). The maximum Gasteiger partial charge on any atom is 0.273 e. The number of carbonyl (C=O) groups is 1. The Morgan fingerprint density at radius 3 is 2.35 bits per heavy atom. The van der Waals surface area contributed by atoms with Gasteiger partial charge >= 0.3 is 0 Å². The predicted molar refractivity (Wildman–Crippen MR) is 99.3 cm³/mol. The molecule has 0 bridgehead atoms. The van der Waals surface area contributed by atoms with Crippen LogP contribution in [0.5, 0.6) is 0 Å². The van der Waals surface area contributed by atoms with Gasteiger partial charge in [-0.2, -0.15) is 0 Å². The van der Waals surface area contributed by atoms with Crippen molar-refractivity contribution in [3.05, 3.63) is 63.7 Å². The molecule has 0 aliphatic rings. The van der Waals surface area contributed by atoms with Gasteiger partial charge < -0.3 is 5.32 Å². The first kappa shape index (κ1) is 19.4. The molecule has 11 heteroatoms. The van der Waals surface area contributed by atoms with Crippen molar-refractivity contribution in [1.29, 1.82) is 0 Å². The molecule has 2 aromatic rings. The van der Waals surface area contributed by atoms with Gasteiger partial charge in [-0.3, -0.25) is 20.2 Å². The van der Waals surface area contributed by atoms with Gasteiger partial charge in [-0.05, 0) is 49.5 Å². The number of primary sulfonamides is 1. The minimum atomic E-state index is -3.80. The van der Waals surface area contributed by atoms with Gasteiger partial charge in [0.2, 0.25) is 10.0 Å². The fourth-order valence-electron chi connectivity index (χ4n) is 2.13. The van der Waals surface area contributed by atoms with Crippen LogP contribution in [-0.2, 0) is 10.0 Å². The van der Waals surface area contributed by atoms with E-state index >= 15 is 0 Å². The zero-order chi connectivity index (χ0) is 19.5. The molecule has 0 heterocycles. The lowest BCUT2D eigenvalue weighted by Gasteiger charge is -2.11. The van der Waals surface area contributed by atoms with E-state index in [0.29, 0.717) is 5.69 Å². The summed E-state index contributed by atoms with van der Waals surface area (Å²) in [5, 5.41) is 21.0. The minimum Gasteiger partial charge on any atom is -0.332 e. The Labute approximate surface area is 154 Å². The van der Waals surface area contributed by atoms with Crippen molar-refractivity contribution in [2.75, 3.05) is 5.32 Å². The predicted octanol–water partition coefficient (Wildman–Crippen LogP) is 1.68. The summed E-state index contributed by atoms with van der Waals surface area (Å²) in [5.74, 6) is -0.607. The van der Waals surface area contributed by atoms with Crippen LogP contribution in [0.1, 0.15) is 15.9 Å². The Balaban J connectivity index is 2.10. The summed E-state index contributed by atoms with van der Waals surface area (Å²) in [6, 6.07) is 9.58. The van der Waals surface area contributed by atoms with Gasteiger partial charge in [0, 0.05) is 22.9 Å². The summed E-state index contributed by atoms with van der Waals surface area (Å²) < 4.78 is 22.4. The molecular weight excluding hydrogens is 380 g/mol. The van der Waals surface area contributed by atoms with Gasteiger partial charge in [0.1, 0.15) is 0 Å². The van der Waals surface area contributed by atoms with E-state index < -0.39 is 20.9 Å². The van der Waals surface area contributed by atoms with Gasteiger partial charge in [-0.15, -0.1) is 0 Å². The van der Waals surface area contributed by atoms with E-state index in [2.05, 4.69) is 10.6 Å². The number of amides is 1. The smallest absolute Gasteiger partial charge is 0.273 e. The number of nitrogens with two attached hydrogens (primary N) is 1. The Hall–Kier alpha value is -2.89. The Morgan fingerprint density at radius 1 is 1.19 bits per heavy atom. The molecule has 1 amide bonds. The average molecular weight is 394 g/mol. The first-order valence-corrected chi connectivity index (χ1v) is 9.04. The zero-order valence-electron chi connectivity index (χ0n) is 13.4. The van der Waals surface area contributed by atoms with E-state index in [4.69, 9.17) is 17.4 Å². The lowest BCUT2D eigenvalue weighted by atomic mass is 10.1. The average Bonchev–Trinajstić information content (AvgIpc) is 2.54. The van der Waals surface area contributed by atoms with Crippen molar-refractivity contribution in [2.24, 2.45) is 5.14 Å². The second kappa shape index (κ2) is 7.56. The zero-order valence-corrected chi connectivity index (χ0v) is 15.1. The maximum absolute atomic E-state index is 12.3. The summed E-state index contributed by atoms with van der Waals surface area (Å²) in [5.41, 5.74) is 0.594. The molecule has 0 spiro atoms. The second-order valence-corrected chi connectivity index (χ2v) is 7.15. The van der Waals surface area contributed by atoms with Crippen molar-refractivity contribution in [3.63, 3.8) is 0 Å². The topological polar surface area (TPSA) is 144 Å². The minimum absolute atomic E-state index is 0.0516. The van der Waals surface area contributed by atoms with Crippen LogP contribution < -0.4 is 15.8 Å². The molecule has 2 aromatic carbocycles. The molecule has 0 aliphatic carbocycles. The molecule has 9 nitrogen and oxygen atoms in total. The first-order valence-electron chi connectivity index (χ1n) is 7.09. The van der Waals surface area contributed by atoms with Crippen LogP contribution in [0.2, 0.25) is 0 Å². The van der Waals surface area contributed by atoms with E-state index in [1.165, 1.54) is 49.4 Å². The fraction of sp³-hybridized carbons (Fsp3) is 0.0667. The molecule has 0 fully saturated rings. The van der Waals surface area contributed by atoms with E-state index in [1.54, 1.807) is 0 Å². The molecule has 26 heavy (non-hydrogen) atoms. The van der Waals surface area contributed by atoms with Crippen LogP contribution in [0.3, 0.4) is 0 Å². The van der Waals surface area contributed by atoms with Crippen LogP contribution in [0, 0.1) is 17.0 Å². The van der Waals surface area contributed by atoms with Gasteiger partial charge in [-0.1, -0.05) is 6.07 Å². The first-order chi connectivity index (χ1) is 12.1. The van der Waals surface area contributed by atoms with Crippen molar-refractivity contribution < 1.29 is 18.1 Å². The van der Waals surface area contributed by atoms with Crippen molar-refractivity contribution in [1.82, 2.24) is 5.32 Å². The molecular formula is C15H14N4O5S2. The van der Waals surface area contributed by atoms with E-state index in [1.807, 2.05) is 0 Å².